The van der Waals surface area contributed by atoms with Crippen molar-refractivity contribution >= 4 is 11.4 Å². The smallest absolute Gasteiger partial charge is 0.271 e. The lowest BCUT2D eigenvalue weighted by Crippen LogP contribution is -2.25. The van der Waals surface area contributed by atoms with Crippen LogP contribution in [0.3, 0.4) is 0 Å². The average Bonchev–Trinajstić information content (AvgIpc) is 2.91. The lowest BCUT2D eigenvalue weighted by Gasteiger charge is -2.20. The molecule has 1 aromatic rings. The van der Waals surface area contributed by atoms with Crippen LogP contribution in [0.4, 0.5) is 11.4 Å². The largest absolute Gasteiger partial charge is 0.489 e. The van der Waals surface area contributed by atoms with Gasteiger partial charge in [-0.25, -0.2) is 0 Å². The summed E-state index contributed by atoms with van der Waals surface area (Å²) in [5.74, 6) is 0.518. The van der Waals surface area contributed by atoms with Crippen LogP contribution in [-0.4, -0.2) is 35.6 Å². The van der Waals surface area contributed by atoms with E-state index in [9.17, 15) is 10.1 Å². The third-order valence-electron chi connectivity index (χ3n) is 3.58. The molecule has 20 heavy (non-hydrogen) atoms. The van der Waals surface area contributed by atoms with Crippen molar-refractivity contribution in [3.63, 3.8) is 0 Å². The van der Waals surface area contributed by atoms with Gasteiger partial charge in [0.1, 0.15) is 5.75 Å². The Kier molecular flexibility index (Phi) is 4.79. The number of nitro benzene ring substituents is 1. The molecule has 0 radical (unpaired) electrons. The van der Waals surface area contributed by atoms with E-state index in [0.717, 1.165) is 13.0 Å². The molecule has 1 heterocycles. The monoisotopic (exact) mass is 279 g/mol. The fourth-order valence-corrected chi connectivity index (χ4v) is 2.40. The summed E-state index contributed by atoms with van der Waals surface area (Å²) < 4.78 is 5.77. The Hall–Kier alpha value is -1.82. The Morgan fingerprint density at radius 2 is 2.15 bits per heavy atom. The standard InChI is InChI=1S/C14H21N3O3/c1-11(6-9-16-7-2-3-8-16)20-14-5-4-12(17(18)19)10-13(14)15/h4-5,10-11H,2-3,6-9,15H2,1H3. The first kappa shape index (κ1) is 14.6. The van der Waals surface area contributed by atoms with Crippen LogP contribution >= 0.6 is 0 Å². The molecule has 2 rings (SSSR count). The second-order valence-electron chi connectivity index (χ2n) is 5.25. The first-order valence-corrected chi connectivity index (χ1v) is 6.99. The molecule has 6 heteroatoms. The van der Waals surface area contributed by atoms with Crippen molar-refractivity contribution in [2.75, 3.05) is 25.4 Å². The van der Waals surface area contributed by atoms with Gasteiger partial charge in [-0.3, -0.25) is 10.1 Å². The molecule has 1 aliphatic rings. The van der Waals surface area contributed by atoms with Gasteiger partial charge >= 0.3 is 0 Å². The molecule has 2 N–H and O–H groups in total. The molecule has 1 saturated heterocycles. The molecule has 110 valence electrons. The second kappa shape index (κ2) is 6.56. The highest BCUT2D eigenvalue weighted by Crippen LogP contribution is 2.27. The van der Waals surface area contributed by atoms with Crippen LogP contribution in [0.25, 0.3) is 0 Å². The third kappa shape index (κ3) is 3.84. The van der Waals surface area contributed by atoms with Crippen LogP contribution in [0, 0.1) is 10.1 Å². The van der Waals surface area contributed by atoms with Gasteiger partial charge in [0, 0.05) is 18.7 Å². The summed E-state index contributed by atoms with van der Waals surface area (Å²) in [6, 6.07) is 4.32. The summed E-state index contributed by atoms with van der Waals surface area (Å²) in [6.07, 6.45) is 3.53. The van der Waals surface area contributed by atoms with Crippen LogP contribution in [0.15, 0.2) is 18.2 Å². The minimum absolute atomic E-state index is 0.0143. The van der Waals surface area contributed by atoms with Crippen LogP contribution in [0.2, 0.25) is 0 Å². The van der Waals surface area contributed by atoms with Crippen molar-refractivity contribution in [2.45, 2.75) is 32.3 Å². The Labute approximate surface area is 118 Å². The summed E-state index contributed by atoms with van der Waals surface area (Å²) in [5, 5.41) is 10.6. The second-order valence-corrected chi connectivity index (χ2v) is 5.25. The van der Waals surface area contributed by atoms with Gasteiger partial charge in [-0.1, -0.05) is 0 Å². The maximum atomic E-state index is 10.6. The van der Waals surface area contributed by atoms with E-state index in [4.69, 9.17) is 10.5 Å². The predicted octanol–water partition coefficient (Wildman–Crippen LogP) is 2.43. The molecule has 0 aromatic heterocycles. The Balaban J connectivity index is 1.86. The summed E-state index contributed by atoms with van der Waals surface area (Å²) >= 11 is 0. The lowest BCUT2D eigenvalue weighted by molar-refractivity contribution is -0.384. The predicted molar refractivity (Wildman–Crippen MR) is 77.9 cm³/mol. The number of nitrogens with zero attached hydrogens (tertiary/aromatic N) is 2. The number of nitro groups is 1. The number of ether oxygens (including phenoxy) is 1. The van der Waals surface area contributed by atoms with Crippen LogP contribution in [-0.2, 0) is 0 Å². The zero-order valence-electron chi connectivity index (χ0n) is 11.7. The molecule has 1 atom stereocenters. The van der Waals surface area contributed by atoms with E-state index in [2.05, 4.69) is 4.90 Å². The Bertz CT molecular complexity index is 473. The molecule has 0 bridgehead atoms. The first-order chi connectivity index (χ1) is 9.56. The molecule has 6 nitrogen and oxygen atoms in total. The molecule has 1 aromatic carbocycles. The van der Waals surface area contributed by atoms with Crippen molar-refractivity contribution in [2.24, 2.45) is 0 Å². The van der Waals surface area contributed by atoms with Crippen molar-refractivity contribution < 1.29 is 9.66 Å². The van der Waals surface area contributed by atoms with Gasteiger partial charge in [0.25, 0.3) is 5.69 Å². The lowest BCUT2D eigenvalue weighted by atomic mass is 10.2. The van der Waals surface area contributed by atoms with Crippen LogP contribution in [0.5, 0.6) is 5.75 Å². The molecular formula is C14H21N3O3. The number of nitrogens with two attached hydrogens (primary N) is 1. The van der Waals surface area contributed by atoms with E-state index in [-0.39, 0.29) is 11.8 Å². The van der Waals surface area contributed by atoms with Gasteiger partial charge in [0.05, 0.1) is 16.7 Å². The highest BCUT2D eigenvalue weighted by atomic mass is 16.6. The number of non-ortho nitro benzene ring substituents is 1. The molecule has 0 saturated carbocycles. The molecule has 0 aliphatic carbocycles. The van der Waals surface area contributed by atoms with Crippen LogP contribution in [0.1, 0.15) is 26.2 Å². The molecule has 0 amide bonds. The van der Waals surface area contributed by atoms with Gasteiger partial charge in [0.15, 0.2) is 0 Å². The highest BCUT2D eigenvalue weighted by molar-refractivity contribution is 5.58. The minimum Gasteiger partial charge on any atom is -0.489 e. The SMILES string of the molecule is CC(CCN1CCCC1)Oc1ccc([N+](=O)[O-])cc1N. The summed E-state index contributed by atoms with van der Waals surface area (Å²) in [4.78, 5) is 12.6. The van der Waals surface area contributed by atoms with E-state index < -0.39 is 4.92 Å². The van der Waals surface area contributed by atoms with Crippen molar-refractivity contribution in [3.8, 4) is 5.75 Å². The van der Waals surface area contributed by atoms with E-state index in [1.807, 2.05) is 6.92 Å². The highest BCUT2D eigenvalue weighted by Gasteiger charge is 2.15. The van der Waals surface area contributed by atoms with Crippen molar-refractivity contribution in [1.29, 1.82) is 0 Å². The van der Waals surface area contributed by atoms with Crippen LogP contribution < -0.4 is 10.5 Å². The van der Waals surface area contributed by atoms with Crippen molar-refractivity contribution in [3.05, 3.63) is 28.3 Å². The summed E-state index contributed by atoms with van der Waals surface area (Å²) in [5.41, 5.74) is 6.08. The molecule has 1 unspecified atom stereocenters. The number of benzene rings is 1. The topological polar surface area (TPSA) is 81.6 Å². The van der Waals surface area contributed by atoms with E-state index in [1.165, 1.54) is 38.1 Å². The zero-order chi connectivity index (χ0) is 14.5. The Morgan fingerprint density at radius 1 is 1.45 bits per heavy atom. The quantitative estimate of drug-likeness (QED) is 0.491. The molecule has 0 spiro atoms. The van der Waals surface area contributed by atoms with E-state index in [1.54, 1.807) is 6.07 Å². The summed E-state index contributed by atoms with van der Waals surface area (Å²) in [7, 11) is 0. The molecule has 1 aliphatic heterocycles. The normalized spacial score (nSPS) is 17.1. The number of hydrogen-bond donors (Lipinski definition) is 1. The number of likely N-dealkylation sites (tertiary alicyclic amines) is 1. The van der Waals surface area contributed by atoms with Crippen molar-refractivity contribution in [1.82, 2.24) is 4.90 Å². The molecular weight excluding hydrogens is 258 g/mol. The van der Waals surface area contributed by atoms with Gasteiger partial charge in [-0.15, -0.1) is 0 Å². The van der Waals surface area contributed by atoms with Gasteiger partial charge in [-0.05, 0) is 45.3 Å². The first-order valence-electron chi connectivity index (χ1n) is 6.99. The van der Waals surface area contributed by atoms with Gasteiger partial charge in [-0.2, -0.15) is 0 Å². The maximum absolute atomic E-state index is 10.6. The minimum atomic E-state index is -0.461. The summed E-state index contributed by atoms with van der Waals surface area (Å²) in [6.45, 7) is 5.36. The fourth-order valence-electron chi connectivity index (χ4n) is 2.40. The third-order valence-corrected chi connectivity index (χ3v) is 3.58. The van der Waals surface area contributed by atoms with E-state index >= 15 is 0 Å². The number of rotatable bonds is 6. The fraction of sp³-hybridized carbons (Fsp3) is 0.571. The number of anilines is 1. The van der Waals surface area contributed by atoms with Gasteiger partial charge in [0.2, 0.25) is 0 Å². The number of nitrogen functional groups attached to an aromatic ring is 1. The Morgan fingerprint density at radius 3 is 2.75 bits per heavy atom. The number of hydrogen-bond acceptors (Lipinski definition) is 5. The average molecular weight is 279 g/mol. The maximum Gasteiger partial charge on any atom is 0.271 e. The van der Waals surface area contributed by atoms with Gasteiger partial charge < -0.3 is 15.4 Å². The van der Waals surface area contributed by atoms with E-state index in [0.29, 0.717) is 11.4 Å². The molecule has 1 fully saturated rings. The zero-order valence-corrected chi connectivity index (χ0v) is 11.7.